The van der Waals surface area contributed by atoms with Crippen molar-refractivity contribution in [3.8, 4) is 5.75 Å². The monoisotopic (exact) mass is 610 g/mol. The number of benzene rings is 1. The van der Waals surface area contributed by atoms with Crippen molar-refractivity contribution in [3.63, 3.8) is 0 Å². The number of nitrogens with zero attached hydrogens (tertiary/aromatic N) is 4. The standard InChI is InChI=1S/C31H39ClN6O5/c1-7-34-31(41)38-26(23-18(3)35-36(5)29(23)32)25(28(39)22-16-17(2)43-19(22)4)24(20-8-10-21(42-6)11-9-20)27(38)30(40)37-14-12-33-13-15-37/h8-11,16,24-27,33H,7,12-15H2,1-6H3,(H,34,41). The molecule has 2 aliphatic heterocycles. The van der Waals surface area contributed by atoms with Crippen LogP contribution in [-0.2, 0) is 11.8 Å². The van der Waals surface area contributed by atoms with Crippen molar-refractivity contribution in [2.75, 3.05) is 39.8 Å². The van der Waals surface area contributed by atoms with Crippen molar-refractivity contribution in [1.82, 2.24) is 30.2 Å². The zero-order valence-corrected chi connectivity index (χ0v) is 26.2. The molecule has 0 radical (unpaired) electrons. The van der Waals surface area contributed by atoms with Gasteiger partial charge in [-0.25, -0.2) is 4.79 Å². The number of halogens is 1. The van der Waals surface area contributed by atoms with Gasteiger partial charge in [-0.1, -0.05) is 23.7 Å². The van der Waals surface area contributed by atoms with E-state index in [0.717, 1.165) is 5.56 Å². The summed E-state index contributed by atoms with van der Waals surface area (Å²) in [5.41, 5.74) is 2.27. The number of nitrogens with one attached hydrogen (secondary N) is 2. The number of carbonyl (C=O) groups is 3. The number of Topliss-reactive ketones (excluding diaryl/α,β-unsaturated/α-hetero) is 1. The van der Waals surface area contributed by atoms with E-state index in [9.17, 15) is 14.4 Å². The first-order valence-corrected chi connectivity index (χ1v) is 15.0. The average Bonchev–Trinajstić information content (AvgIpc) is 3.61. The fourth-order valence-electron chi connectivity index (χ4n) is 6.63. The molecule has 1 aromatic carbocycles. The predicted molar refractivity (Wildman–Crippen MR) is 162 cm³/mol. The number of hydrogen-bond acceptors (Lipinski definition) is 7. The normalized spacial score (nSPS) is 22.1. The second-order valence-electron chi connectivity index (χ2n) is 11.1. The van der Waals surface area contributed by atoms with Gasteiger partial charge in [-0.15, -0.1) is 0 Å². The van der Waals surface area contributed by atoms with Gasteiger partial charge in [0.05, 0.1) is 30.3 Å². The van der Waals surface area contributed by atoms with Gasteiger partial charge in [-0.3, -0.25) is 14.3 Å². The van der Waals surface area contributed by atoms with Crippen molar-refractivity contribution in [2.24, 2.45) is 13.0 Å². The molecular formula is C31H39ClN6O5. The highest BCUT2D eigenvalue weighted by Gasteiger charge is 2.59. The maximum Gasteiger partial charge on any atom is 0.318 e. The van der Waals surface area contributed by atoms with Gasteiger partial charge < -0.3 is 29.6 Å². The third-order valence-corrected chi connectivity index (χ3v) is 8.96. The fourth-order valence-corrected chi connectivity index (χ4v) is 6.92. The van der Waals surface area contributed by atoms with Crippen LogP contribution in [0.5, 0.6) is 5.75 Å². The number of amides is 3. The van der Waals surface area contributed by atoms with E-state index >= 15 is 0 Å². The minimum absolute atomic E-state index is 0.216. The quantitative estimate of drug-likeness (QED) is 0.391. The first-order chi connectivity index (χ1) is 20.6. The van der Waals surface area contributed by atoms with E-state index in [0.29, 0.717) is 72.0 Å². The SMILES string of the molecule is CCNC(=O)N1C(C(=O)N2CCNCC2)C(c2ccc(OC)cc2)C(C(=O)c2cc(C)oc2C)C1c1c(C)nn(C)c1Cl. The molecule has 5 rings (SSSR count). The highest BCUT2D eigenvalue weighted by atomic mass is 35.5. The Morgan fingerprint density at radius 3 is 2.35 bits per heavy atom. The number of furan rings is 1. The topological polar surface area (TPSA) is 122 Å². The number of likely N-dealkylation sites (tertiary alicyclic amines) is 1. The molecular weight excluding hydrogens is 572 g/mol. The van der Waals surface area contributed by atoms with Crippen LogP contribution < -0.4 is 15.4 Å². The molecule has 11 nitrogen and oxygen atoms in total. The average molecular weight is 611 g/mol. The van der Waals surface area contributed by atoms with E-state index in [2.05, 4.69) is 15.7 Å². The third kappa shape index (κ3) is 5.51. The Bertz CT molecular complexity index is 1510. The molecule has 0 aliphatic carbocycles. The van der Waals surface area contributed by atoms with Crippen molar-refractivity contribution >= 4 is 29.3 Å². The maximum absolute atomic E-state index is 14.8. The Hall–Kier alpha value is -3.83. The molecule has 2 saturated heterocycles. The van der Waals surface area contributed by atoms with Crippen LogP contribution in [0.3, 0.4) is 0 Å². The van der Waals surface area contributed by atoms with E-state index in [-0.39, 0.29) is 11.7 Å². The van der Waals surface area contributed by atoms with Crippen LogP contribution >= 0.6 is 11.6 Å². The molecule has 4 atom stereocenters. The highest BCUT2D eigenvalue weighted by Crippen LogP contribution is 2.53. The zero-order chi connectivity index (χ0) is 31.0. The minimum atomic E-state index is -0.999. The number of ether oxygens (including phenoxy) is 1. The molecule has 43 heavy (non-hydrogen) atoms. The van der Waals surface area contributed by atoms with Gasteiger partial charge in [0.2, 0.25) is 5.91 Å². The summed E-state index contributed by atoms with van der Waals surface area (Å²) >= 11 is 6.89. The molecule has 230 valence electrons. The number of rotatable bonds is 7. The van der Waals surface area contributed by atoms with Crippen molar-refractivity contribution < 1.29 is 23.5 Å². The van der Waals surface area contributed by atoms with Gasteiger partial charge in [0, 0.05) is 51.3 Å². The molecule has 2 aliphatic rings. The minimum Gasteiger partial charge on any atom is -0.497 e. The predicted octanol–water partition coefficient (Wildman–Crippen LogP) is 3.77. The molecule has 3 amide bonds. The summed E-state index contributed by atoms with van der Waals surface area (Å²) in [6.45, 7) is 9.76. The van der Waals surface area contributed by atoms with E-state index < -0.39 is 30.0 Å². The summed E-state index contributed by atoms with van der Waals surface area (Å²) in [5.74, 6) is -0.330. The van der Waals surface area contributed by atoms with Crippen molar-refractivity contribution in [1.29, 1.82) is 0 Å². The van der Waals surface area contributed by atoms with Crippen LogP contribution in [0.4, 0.5) is 4.79 Å². The number of ketones is 1. The van der Waals surface area contributed by atoms with Crippen LogP contribution in [-0.4, -0.2) is 83.2 Å². The Morgan fingerprint density at radius 2 is 1.81 bits per heavy atom. The molecule has 4 heterocycles. The Morgan fingerprint density at radius 1 is 1.14 bits per heavy atom. The van der Waals surface area contributed by atoms with Gasteiger partial charge >= 0.3 is 6.03 Å². The van der Waals surface area contributed by atoms with Gasteiger partial charge in [-0.2, -0.15) is 5.10 Å². The number of carbonyl (C=O) groups excluding carboxylic acids is 3. The van der Waals surface area contributed by atoms with Crippen LogP contribution in [0.1, 0.15) is 57.6 Å². The summed E-state index contributed by atoms with van der Waals surface area (Å²) in [7, 11) is 3.30. The van der Waals surface area contributed by atoms with Crippen molar-refractivity contribution in [3.05, 3.63) is 69.4 Å². The zero-order valence-electron chi connectivity index (χ0n) is 25.4. The van der Waals surface area contributed by atoms with Crippen LogP contribution in [0.15, 0.2) is 34.7 Å². The molecule has 2 fully saturated rings. The molecule has 2 aromatic heterocycles. The van der Waals surface area contributed by atoms with E-state index in [1.165, 1.54) is 4.68 Å². The fraction of sp³-hybridized carbons (Fsp3) is 0.484. The van der Waals surface area contributed by atoms with Crippen LogP contribution in [0.2, 0.25) is 5.15 Å². The lowest BCUT2D eigenvalue weighted by Gasteiger charge is -2.36. The number of aryl methyl sites for hydroxylation is 4. The molecule has 4 unspecified atom stereocenters. The lowest BCUT2D eigenvalue weighted by atomic mass is 9.76. The highest BCUT2D eigenvalue weighted by molar-refractivity contribution is 6.30. The van der Waals surface area contributed by atoms with E-state index in [1.807, 2.05) is 31.2 Å². The van der Waals surface area contributed by atoms with Gasteiger partial charge in [-0.05, 0) is 51.5 Å². The number of methoxy groups -OCH3 is 1. The van der Waals surface area contributed by atoms with E-state index in [1.54, 1.807) is 50.8 Å². The Labute approximate surface area is 256 Å². The number of aromatic nitrogens is 2. The smallest absolute Gasteiger partial charge is 0.318 e. The number of hydrogen-bond donors (Lipinski definition) is 2. The summed E-state index contributed by atoms with van der Waals surface area (Å²) in [5, 5.41) is 11.0. The molecule has 12 heteroatoms. The van der Waals surface area contributed by atoms with E-state index in [4.69, 9.17) is 20.8 Å². The second kappa shape index (κ2) is 12.4. The molecule has 3 aromatic rings. The van der Waals surface area contributed by atoms with Crippen molar-refractivity contribution in [2.45, 2.75) is 45.7 Å². The lowest BCUT2D eigenvalue weighted by Crippen LogP contribution is -2.56. The Balaban J connectivity index is 1.80. The van der Waals surface area contributed by atoms with Gasteiger partial charge in [0.15, 0.2) is 5.78 Å². The summed E-state index contributed by atoms with van der Waals surface area (Å²) in [4.78, 5) is 46.9. The maximum atomic E-state index is 14.8. The molecule has 2 N–H and O–H groups in total. The summed E-state index contributed by atoms with van der Waals surface area (Å²) < 4.78 is 12.7. The van der Waals surface area contributed by atoms with Gasteiger partial charge in [0.25, 0.3) is 0 Å². The third-order valence-electron chi connectivity index (χ3n) is 8.51. The lowest BCUT2D eigenvalue weighted by molar-refractivity contribution is -0.136. The Kier molecular flexibility index (Phi) is 8.84. The van der Waals surface area contributed by atoms with Gasteiger partial charge in [0.1, 0.15) is 28.5 Å². The summed E-state index contributed by atoms with van der Waals surface area (Å²) in [6.07, 6.45) is 0. The largest absolute Gasteiger partial charge is 0.497 e. The number of urea groups is 1. The second-order valence-corrected chi connectivity index (χ2v) is 11.5. The first-order valence-electron chi connectivity index (χ1n) is 14.6. The van der Waals surface area contributed by atoms with Crippen LogP contribution in [0.25, 0.3) is 0 Å². The molecule has 0 bridgehead atoms. The molecule has 0 saturated carbocycles. The number of piperazine rings is 1. The summed E-state index contributed by atoms with van der Waals surface area (Å²) in [6, 6.07) is 6.73. The molecule has 0 spiro atoms. The first kappa shape index (κ1) is 30.6. The van der Waals surface area contributed by atoms with Crippen LogP contribution in [0, 0.1) is 26.7 Å².